The molecule has 0 aliphatic carbocycles. The van der Waals surface area contributed by atoms with E-state index in [0.29, 0.717) is 23.4 Å². The number of nitrogens with zero attached hydrogens (tertiary/aromatic N) is 2. The van der Waals surface area contributed by atoms with E-state index in [1.807, 2.05) is 0 Å². The van der Waals surface area contributed by atoms with Crippen LogP contribution in [0.15, 0.2) is 42.5 Å². The van der Waals surface area contributed by atoms with Crippen LogP contribution in [0, 0.1) is 23.3 Å². The number of rotatable bonds is 6. The standard InChI is InChI=1S/C26H22ClF4N3O3/c1-13-16-5-4-14(25(35)32-11-17-20(30)9-15(28)10-21(17)31)8-22(16)34(26(36)33(13)2)12-18-19(29)6-7-23(37-3)24(18)27/h4-10,13H,11-12H2,1-3H3,(H,32,35). The van der Waals surface area contributed by atoms with E-state index in [9.17, 15) is 27.2 Å². The summed E-state index contributed by atoms with van der Waals surface area (Å²) in [6.45, 7) is 1.02. The van der Waals surface area contributed by atoms with Crippen molar-refractivity contribution < 1.29 is 31.9 Å². The fraction of sp³-hybridized carbons (Fsp3) is 0.231. The maximum atomic E-state index is 14.7. The molecule has 6 nitrogen and oxygen atoms in total. The second kappa shape index (κ2) is 10.3. The van der Waals surface area contributed by atoms with Gasteiger partial charge in [0.2, 0.25) is 0 Å². The van der Waals surface area contributed by atoms with E-state index >= 15 is 0 Å². The van der Waals surface area contributed by atoms with Crippen molar-refractivity contribution in [3.05, 3.63) is 93.0 Å². The number of ether oxygens (including phenoxy) is 1. The number of hydrogen-bond acceptors (Lipinski definition) is 3. The number of fused-ring (bicyclic) bond motifs is 1. The Morgan fingerprint density at radius 2 is 1.70 bits per heavy atom. The number of benzene rings is 3. The highest BCUT2D eigenvalue weighted by molar-refractivity contribution is 6.32. The molecule has 3 amide bonds. The zero-order chi connectivity index (χ0) is 27.0. The summed E-state index contributed by atoms with van der Waals surface area (Å²) in [5.74, 6) is -4.42. The van der Waals surface area contributed by atoms with Crippen molar-refractivity contribution in [1.82, 2.24) is 10.2 Å². The molecule has 1 atom stereocenters. The molecule has 0 radical (unpaired) electrons. The van der Waals surface area contributed by atoms with Gasteiger partial charge in [-0.2, -0.15) is 0 Å². The topological polar surface area (TPSA) is 61.9 Å². The van der Waals surface area contributed by atoms with Gasteiger partial charge < -0.3 is 15.0 Å². The monoisotopic (exact) mass is 535 g/mol. The normalized spacial score (nSPS) is 15.0. The summed E-state index contributed by atoms with van der Waals surface area (Å²) in [6.07, 6.45) is 0. The van der Waals surface area contributed by atoms with Gasteiger partial charge in [-0.25, -0.2) is 22.4 Å². The highest BCUT2D eigenvalue weighted by Gasteiger charge is 2.34. The van der Waals surface area contributed by atoms with Gasteiger partial charge in [0.1, 0.15) is 29.0 Å². The van der Waals surface area contributed by atoms with Crippen LogP contribution >= 0.6 is 11.6 Å². The fourth-order valence-electron chi connectivity index (χ4n) is 4.14. The largest absolute Gasteiger partial charge is 0.495 e. The number of carbonyl (C=O) groups excluding carboxylic acids is 2. The summed E-state index contributed by atoms with van der Waals surface area (Å²) < 4.78 is 61.0. The smallest absolute Gasteiger partial charge is 0.325 e. The lowest BCUT2D eigenvalue weighted by Crippen LogP contribution is -2.46. The van der Waals surface area contributed by atoms with Crippen LogP contribution in [0.1, 0.15) is 40.0 Å². The molecule has 0 saturated heterocycles. The molecule has 194 valence electrons. The number of halogens is 5. The van der Waals surface area contributed by atoms with Crippen LogP contribution in [0.4, 0.5) is 28.0 Å². The molecule has 0 spiro atoms. The molecule has 1 N–H and O–H groups in total. The average Bonchev–Trinajstić information content (AvgIpc) is 2.86. The number of anilines is 1. The zero-order valence-corrected chi connectivity index (χ0v) is 20.8. The summed E-state index contributed by atoms with van der Waals surface area (Å²) >= 11 is 6.32. The third-order valence-electron chi connectivity index (χ3n) is 6.37. The molecule has 1 heterocycles. The molecule has 0 bridgehead atoms. The maximum Gasteiger partial charge on any atom is 0.325 e. The Kier molecular flexibility index (Phi) is 7.31. The van der Waals surface area contributed by atoms with E-state index < -0.39 is 47.3 Å². The third kappa shape index (κ3) is 4.93. The Bertz CT molecular complexity index is 1380. The van der Waals surface area contributed by atoms with Crippen molar-refractivity contribution >= 4 is 29.2 Å². The second-order valence-corrected chi connectivity index (χ2v) is 8.88. The average molecular weight is 536 g/mol. The summed E-state index contributed by atoms with van der Waals surface area (Å²) in [6, 6.07) is 7.37. The molecular formula is C26H22ClF4N3O3. The first-order chi connectivity index (χ1) is 17.5. The van der Waals surface area contributed by atoms with Gasteiger partial charge in [0.25, 0.3) is 5.91 Å². The molecule has 3 aromatic rings. The minimum absolute atomic E-state index is 0.00961. The van der Waals surface area contributed by atoms with Crippen molar-refractivity contribution in [2.24, 2.45) is 0 Å². The van der Waals surface area contributed by atoms with Crippen molar-refractivity contribution in [1.29, 1.82) is 0 Å². The minimum Gasteiger partial charge on any atom is -0.495 e. The first kappa shape index (κ1) is 26.3. The van der Waals surface area contributed by atoms with Crippen molar-refractivity contribution in [2.75, 3.05) is 19.1 Å². The molecule has 0 fully saturated rings. The van der Waals surface area contributed by atoms with E-state index in [4.69, 9.17) is 16.3 Å². The molecule has 1 aliphatic heterocycles. The predicted octanol–water partition coefficient (Wildman–Crippen LogP) is 5.97. The molecule has 11 heteroatoms. The van der Waals surface area contributed by atoms with Gasteiger partial charge in [-0.05, 0) is 36.8 Å². The molecule has 1 aliphatic rings. The highest BCUT2D eigenvalue weighted by Crippen LogP contribution is 2.39. The number of carbonyl (C=O) groups is 2. The Labute approximate surface area is 215 Å². The van der Waals surface area contributed by atoms with E-state index in [1.165, 1.54) is 41.2 Å². The quantitative estimate of drug-likeness (QED) is 0.396. The summed E-state index contributed by atoms with van der Waals surface area (Å²) in [5, 5.41) is 2.41. The number of hydrogen-bond donors (Lipinski definition) is 1. The van der Waals surface area contributed by atoms with Gasteiger partial charge in [0.15, 0.2) is 0 Å². The van der Waals surface area contributed by atoms with Crippen LogP contribution in [0.25, 0.3) is 0 Å². The van der Waals surface area contributed by atoms with Crippen LogP contribution in [0.5, 0.6) is 5.75 Å². The van der Waals surface area contributed by atoms with Crippen LogP contribution in [0.3, 0.4) is 0 Å². The van der Waals surface area contributed by atoms with E-state index in [1.54, 1.807) is 20.0 Å². The number of nitrogens with one attached hydrogen (secondary N) is 1. The molecular weight excluding hydrogens is 514 g/mol. The van der Waals surface area contributed by atoms with Gasteiger partial charge in [-0.1, -0.05) is 17.7 Å². The summed E-state index contributed by atoms with van der Waals surface area (Å²) in [4.78, 5) is 28.8. The van der Waals surface area contributed by atoms with Crippen molar-refractivity contribution in [3.63, 3.8) is 0 Å². The lowest BCUT2D eigenvalue weighted by molar-refractivity contribution is 0.0950. The van der Waals surface area contributed by atoms with Gasteiger partial charge in [-0.15, -0.1) is 0 Å². The summed E-state index contributed by atoms with van der Waals surface area (Å²) in [7, 11) is 2.98. The van der Waals surface area contributed by atoms with Gasteiger partial charge >= 0.3 is 6.03 Å². The Morgan fingerprint density at radius 1 is 1.03 bits per heavy atom. The van der Waals surface area contributed by atoms with Gasteiger partial charge in [-0.3, -0.25) is 9.69 Å². The second-order valence-electron chi connectivity index (χ2n) is 8.50. The molecule has 37 heavy (non-hydrogen) atoms. The third-order valence-corrected chi connectivity index (χ3v) is 6.78. The predicted molar refractivity (Wildman–Crippen MR) is 130 cm³/mol. The van der Waals surface area contributed by atoms with Crippen LogP contribution < -0.4 is 15.0 Å². The maximum absolute atomic E-state index is 14.7. The van der Waals surface area contributed by atoms with E-state index in [2.05, 4.69) is 5.32 Å². The van der Waals surface area contributed by atoms with E-state index in [0.717, 1.165) is 0 Å². The first-order valence-corrected chi connectivity index (χ1v) is 11.5. The van der Waals surface area contributed by atoms with Crippen molar-refractivity contribution in [2.45, 2.75) is 26.1 Å². The summed E-state index contributed by atoms with van der Waals surface area (Å²) in [5.41, 5.74) is 0.658. The number of amides is 3. The van der Waals surface area contributed by atoms with Crippen LogP contribution in [0.2, 0.25) is 5.02 Å². The molecule has 0 saturated carbocycles. The van der Waals surface area contributed by atoms with Crippen LogP contribution in [-0.2, 0) is 13.1 Å². The fourth-order valence-corrected chi connectivity index (χ4v) is 4.43. The van der Waals surface area contributed by atoms with Gasteiger partial charge in [0.05, 0.1) is 30.4 Å². The molecule has 3 aromatic carbocycles. The number of urea groups is 1. The number of methoxy groups -OCH3 is 1. The Hall–Kier alpha value is -3.79. The van der Waals surface area contributed by atoms with Crippen molar-refractivity contribution in [3.8, 4) is 5.75 Å². The van der Waals surface area contributed by atoms with Crippen LogP contribution in [-0.4, -0.2) is 31.0 Å². The van der Waals surface area contributed by atoms with Gasteiger partial charge in [0, 0.05) is 42.4 Å². The minimum atomic E-state index is -1.13. The lowest BCUT2D eigenvalue weighted by atomic mass is 9.98. The Morgan fingerprint density at radius 3 is 2.35 bits per heavy atom. The zero-order valence-electron chi connectivity index (χ0n) is 20.0. The highest BCUT2D eigenvalue weighted by atomic mass is 35.5. The lowest BCUT2D eigenvalue weighted by Gasteiger charge is -2.40. The molecule has 4 rings (SSSR count). The molecule has 0 aromatic heterocycles. The van der Waals surface area contributed by atoms with E-state index in [-0.39, 0.29) is 34.5 Å². The molecule has 1 unspecified atom stereocenters. The SMILES string of the molecule is COc1ccc(F)c(CN2C(=O)N(C)C(C)c3ccc(C(=O)NCc4c(F)cc(F)cc4F)cc32)c1Cl. The first-order valence-electron chi connectivity index (χ1n) is 11.1. The Balaban J connectivity index is 1.67.